The van der Waals surface area contributed by atoms with Crippen LogP contribution >= 0.6 is 0 Å². The fourth-order valence-corrected chi connectivity index (χ4v) is 8.34. The van der Waals surface area contributed by atoms with E-state index in [1.54, 1.807) is 5.57 Å². The lowest BCUT2D eigenvalue weighted by molar-refractivity contribution is -0.0572. The van der Waals surface area contributed by atoms with E-state index in [2.05, 4.69) is 32.8 Å². The van der Waals surface area contributed by atoms with Crippen molar-refractivity contribution in [3.63, 3.8) is 0 Å². The molecule has 3 fully saturated rings. The number of hydrogen-bond donors (Lipinski definition) is 1. The van der Waals surface area contributed by atoms with Gasteiger partial charge in [-0.1, -0.05) is 32.4 Å². The Kier molecular flexibility index (Phi) is 5.26. The quantitative estimate of drug-likeness (QED) is 0.347. The van der Waals surface area contributed by atoms with Crippen molar-refractivity contribution in [2.45, 2.75) is 97.5 Å². The standard InChI is InChI=1S/C26H40O/c1-5-6-7-8-18(2)22-11-12-23-21-10-9-19-17-20(27)13-15-25(19,3)24(21)14-16-26(22,23)4/h1,9,18,20-24,27H,6-8,10-17H2,2-4H3/t18-,20+,21+,22-,23+,24+,25+,26-/m1/s1. The second-order valence-electron chi connectivity index (χ2n) is 11.0. The van der Waals surface area contributed by atoms with Crippen molar-refractivity contribution in [3.8, 4) is 12.3 Å². The number of unbranched alkanes of at least 4 members (excludes halogenated alkanes) is 1. The summed E-state index contributed by atoms with van der Waals surface area (Å²) in [5, 5.41) is 10.2. The van der Waals surface area contributed by atoms with Crippen LogP contribution in [-0.2, 0) is 0 Å². The van der Waals surface area contributed by atoms with Gasteiger partial charge in [-0.25, -0.2) is 0 Å². The Hall–Kier alpha value is -0.740. The lowest BCUT2D eigenvalue weighted by atomic mass is 9.47. The topological polar surface area (TPSA) is 20.2 Å². The maximum Gasteiger partial charge on any atom is 0.0577 e. The number of hydrogen-bond acceptors (Lipinski definition) is 1. The number of aliphatic hydroxyl groups is 1. The molecule has 0 heterocycles. The Morgan fingerprint density at radius 1 is 1.19 bits per heavy atom. The first-order chi connectivity index (χ1) is 12.9. The van der Waals surface area contributed by atoms with Gasteiger partial charge in [-0.3, -0.25) is 0 Å². The van der Waals surface area contributed by atoms with E-state index in [4.69, 9.17) is 6.42 Å². The molecule has 0 amide bonds. The van der Waals surface area contributed by atoms with E-state index in [1.807, 2.05) is 0 Å². The first-order valence-electron chi connectivity index (χ1n) is 11.7. The maximum absolute atomic E-state index is 10.2. The number of aliphatic hydroxyl groups excluding tert-OH is 1. The van der Waals surface area contributed by atoms with Crippen LogP contribution in [0.2, 0.25) is 0 Å². The normalized spacial score (nSPS) is 47.2. The van der Waals surface area contributed by atoms with Gasteiger partial charge in [0.25, 0.3) is 0 Å². The molecule has 1 N–H and O–H groups in total. The fourth-order valence-electron chi connectivity index (χ4n) is 8.34. The van der Waals surface area contributed by atoms with Gasteiger partial charge in [-0.15, -0.1) is 12.3 Å². The van der Waals surface area contributed by atoms with Gasteiger partial charge in [-0.2, -0.15) is 0 Å². The number of terminal acetylenes is 1. The van der Waals surface area contributed by atoms with E-state index in [0.717, 1.165) is 48.9 Å². The van der Waals surface area contributed by atoms with Crippen molar-refractivity contribution >= 4 is 0 Å². The third-order valence-corrected chi connectivity index (χ3v) is 9.82. The second-order valence-corrected chi connectivity index (χ2v) is 11.0. The van der Waals surface area contributed by atoms with Crippen LogP contribution in [-0.4, -0.2) is 11.2 Å². The lowest BCUT2D eigenvalue weighted by Crippen LogP contribution is -2.50. The molecular weight excluding hydrogens is 328 g/mol. The van der Waals surface area contributed by atoms with Crippen molar-refractivity contribution in [2.24, 2.45) is 40.4 Å². The van der Waals surface area contributed by atoms with Gasteiger partial charge < -0.3 is 5.11 Å². The average molecular weight is 369 g/mol. The molecule has 0 aromatic carbocycles. The number of allylic oxidation sites excluding steroid dienone is 1. The zero-order chi connectivity index (χ0) is 19.2. The molecule has 4 aliphatic carbocycles. The largest absolute Gasteiger partial charge is 0.393 e. The molecular formula is C26H40O. The zero-order valence-corrected chi connectivity index (χ0v) is 17.8. The number of fused-ring (bicyclic) bond motifs is 5. The second kappa shape index (κ2) is 7.26. The first-order valence-corrected chi connectivity index (χ1v) is 11.7. The molecule has 8 atom stereocenters. The van der Waals surface area contributed by atoms with Crippen molar-refractivity contribution in [1.29, 1.82) is 0 Å². The SMILES string of the molecule is C#CCCC[C@@H](C)[C@H]1CC[C@H]2[C@@H]3CC=C4C[C@@H](O)CC[C@]4(C)[C@H]3CC[C@]12C. The Balaban J connectivity index is 1.53. The van der Waals surface area contributed by atoms with Crippen LogP contribution in [0, 0.1) is 52.8 Å². The van der Waals surface area contributed by atoms with Gasteiger partial charge in [0.05, 0.1) is 6.10 Å². The van der Waals surface area contributed by atoms with Gasteiger partial charge in [0.2, 0.25) is 0 Å². The van der Waals surface area contributed by atoms with Crippen molar-refractivity contribution in [1.82, 2.24) is 0 Å². The fraction of sp³-hybridized carbons (Fsp3) is 0.846. The van der Waals surface area contributed by atoms with Gasteiger partial charge in [0.1, 0.15) is 0 Å². The summed E-state index contributed by atoms with van der Waals surface area (Å²) < 4.78 is 0. The third kappa shape index (κ3) is 3.11. The van der Waals surface area contributed by atoms with Gasteiger partial charge in [0.15, 0.2) is 0 Å². The lowest BCUT2D eigenvalue weighted by Gasteiger charge is -2.58. The Morgan fingerprint density at radius 2 is 2.00 bits per heavy atom. The van der Waals surface area contributed by atoms with E-state index >= 15 is 0 Å². The van der Waals surface area contributed by atoms with Crippen LogP contribution in [0.25, 0.3) is 0 Å². The van der Waals surface area contributed by atoms with Crippen LogP contribution in [0.5, 0.6) is 0 Å². The summed E-state index contributed by atoms with van der Waals surface area (Å²) in [6.07, 6.45) is 21.6. The van der Waals surface area contributed by atoms with Crippen molar-refractivity contribution < 1.29 is 5.11 Å². The number of rotatable bonds is 4. The van der Waals surface area contributed by atoms with Crippen LogP contribution < -0.4 is 0 Å². The molecule has 0 saturated heterocycles. The molecule has 4 aliphatic rings. The molecule has 0 bridgehead atoms. The zero-order valence-electron chi connectivity index (χ0n) is 17.8. The maximum atomic E-state index is 10.2. The molecule has 0 aromatic rings. The average Bonchev–Trinajstić information content (AvgIpc) is 3.00. The first kappa shape index (κ1) is 19.6. The smallest absolute Gasteiger partial charge is 0.0577 e. The van der Waals surface area contributed by atoms with Crippen LogP contribution in [0.4, 0.5) is 0 Å². The highest BCUT2D eigenvalue weighted by molar-refractivity contribution is 5.25. The molecule has 4 rings (SSSR count). The summed E-state index contributed by atoms with van der Waals surface area (Å²) in [7, 11) is 0. The predicted octanol–water partition coefficient (Wildman–Crippen LogP) is 6.37. The van der Waals surface area contributed by atoms with Gasteiger partial charge in [0, 0.05) is 6.42 Å². The minimum Gasteiger partial charge on any atom is -0.393 e. The molecule has 0 spiro atoms. The molecule has 0 unspecified atom stereocenters. The summed E-state index contributed by atoms with van der Waals surface area (Å²) in [6.45, 7) is 7.69. The van der Waals surface area contributed by atoms with Gasteiger partial charge in [-0.05, 0) is 105 Å². The monoisotopic (exact) mass is 368 g/mol. The summed E-state index contributed by atoms with van der Waals surface area (Å²) in [6, 6.07) is 0. The summed E-state index contributed by atoms with van der Waals surface area (Å²) in [5.74, 6) is 7.20. The summed E-state index contributed by atoms with van der Waals surface area (Å²) >= 11 is 0. The Bertz CT molecular complexity index is 627. The highest BCUT2D eigenvalue weighted by Gasteiger charge is 2.58. The predicted molar refractivity (Wildman–Crippen MR) is 113 cm³/mol. The van der Waals surface area contributed by atoms with Crippen molar-refractivity contribution in [2.75, 3.05) is 0 Å². The van der Waals surface area contributed by atoms with E-state index in [9.17, 15) is 5.11 Å². The minimum absolute atomic E-state index is 0.0885. The molecule has 0 aromatic heterocycles. The van der Waals surface area contributed by atoms with Crippen LogP contribution in [0.1, 0.15) is 91.4 Å². The Morgan fingerprint density at radius 3 is 2.78 bits per heavy atom. The van der Waals surface area contributed by atoms with E-state index in [0.29, 0.717) is 10.8 Å². The molecule has 1 heteroatoms. The van der Waals surface area contributed by atoms with E-state index in [-0.39, 0.29) is 6.10 Å². The van der Waals surface area contributed by atoms with E-state index < -0.39 is 0 Å². The van der Waals surface area contributed by atoms with Gasteiger partial charge >= 0.3 is 0 Å². The Labute approximate surface area is 167 Å². The van der Waals surface area contributed by atoms with Crippen LogP contribution in [0.3, 0.4) is 0 Å². The molecule has 1 nitrogen and oxygen atoms in total. The highest BCUT2D eigenvalue weighted by Crippen LogP contribution is 2.67. The summed E-state index contributed by atoms with van der Waals surface area (Å²) in [5.41, 5.74) is 2.52. The summed E-state index contributed by atoms with van der Waals surface area (Å²) in [4.78, 5) is 0. The molecule has 3 saturated carbocycles. The molecule has 0 aliphatic heterocycles. The third-order valence-electron chi connectivity index (χ3n) is 9.82. The van der Waals surface area contributed by atoms with E-state index in [1.165, 1.54) is 51.4 Å². The molecule has 0 radical (unpaired) electrons. The minimum atomic E-state index is -0.0885. The molecule has 27 heavy (non-hydrogen) atoms. The van der Waals surface area contributed by atoms with Crippen LogP contribution in [0.15, 0.2) is 11.6 Å². The molecule has 150 valence electrons. The highest BCUT2D eigenvalue weighted by atomic mass is 16.3. The van der Waals surface area contributed by atoms with Crippen molar-refractivity contribution in [3.05, 3.63) is 11.6 Å².